The number of carbonyl (C=O) groups is 1. The Morgan fingerprint density at radius 3 is 2.33 bits per heavy atom. The minimum atomic E-state index is -3.73. The molecule has 2 rings (SSSR count). The second-order valence-electron chi connectivity index (χ2n) is 6.43. The van der Waals surface area contributed by atoms with Crippen molar-refractivity contribution < 1.29 is 17.9 Å². The van der Waals surface area contributed by atoms with E-state index in [2.05, 4.69) is 5.32 Å². The molecule has 0 aliphatic heterocycles. The van der Waals surface area contributed by atoms with Crippen LogP contribution in [0.2, 0.25) is 0 Å². The van der Waals surface area contributed by atoms with Crippen LogP contribution in [-0.2, 0) is 21.2 Å². The summed E-state index contributed by atoms with van der Waals surface area (Å²) < 4.78 is 31.2. The molecule has 27 heavy (non-hydrogen) atoms. The number of hydrogen-bond donors (Lipinski definition) is 1. The lowest BCUT2D eigenvalue weighted by Crippen LogP contribution is -2.41. The van der Waals surface area contributed by atoms with Gasteiger partial charge >= 0.3 is 0 Å². The van der Waals surface area contributed by atoms with Gasteiger partial charge in [0.25, 0.3) is 0 Å². The van der Waals surface area contributed by atoms with Gasteiger partial charge in [0.15, 0.2) is 0 Å². The van der Waals surface area contributed by atoms with Gasteiger partial charge in [0.2, 0.25) is 15.9 Å². The van der Waals surface area contributed by atoms with Crippen molar-refractivity contribution in [2.45, 2.75) is 30.7 Å². The van der Waals surface area contributed by atoms with Crippen molar-refractivity contribution in [3.05, 3.63) is 60.2 Å². The highest BCUT2D eigenvalue weighted by molar-refractivity contribution is 7.89. The largest absolute Gasteiger partial charge is 0.497 e. The molecule has 1 atom stereocenters. The van der Waals surface area contributed by atoms with Gasteiger partial charge in [0, 0.05) is 13.1 Å². The maximum atomic E-state index is 12.6. The van der Waals surface area contributed by atoms with Crippen molar-refractivity contribution in [3.8, 4) is 5.75 Å². The number of likely N-dealkylation sites (N-methyl/N-ethyl adjacent to an activating group) is 1. The smallest absolute Gasteiger partial charge is 0.243 e. The van der Waals surface area contributed by atoms with E-state index in [0.717, 1.165) is 17.1 Å². The molecule has 0 bridgehead atoms. The van der Waals surface area contributed by atoms with Crippen LogP contribution in [0.15, 0.2) is 59.5 Å². The van der Waals surface area contributed by atoms with Crippen LogP contribution in [-0.4, -0.2) is 45.4 Å². The van der Waals surface area contributed by atoms with Gasteiger partial charge < -0.3 is 10.1 Å². The van der Waals surface area contributed by atoms with Crippen molar-refractivity contribution >= 4 is 15.9 Å². The zero-order valence-corrected chi connectivity index (χ0v) is 16.7. The summed E-state index contributed by atoms with van der Waals surface area (Å²) in [6.45, 7) is 1.68. The number of rotatable bonds is 9. The third-order valence-electron chi connectivity index (χ3n) is 4.25. The quantitative estimate of drug-likeness (QED) is 0.714. The van der Waals surface area contributed by atoms with Crippen LogP contribution in [0.3, 0.4) is 0 Å². The molecule has 1 amide bonds. The zero-order valence-electron chi connectivity index (χ0n) is 15.9. The van der Waals surface area contributed by atoms with Crippen LogP contribution in [0.1, 0.15) is 18.9 Å². The number of aryl methyl sites for hydroxylation is 1. The fourth-order valence-corrected chi connectivity index (χ4v) is 3.76. The highest BCUT2D eigenvalue weighted by atomic mass is 32.2. The number of benzene rings is 2. The van der Waals surface area contributed by atoms with Crippen molar-refractivity contribution in [1.29, 1.82) is 0 Å². The first kappa shape index (κ1) is 20.9. The zero-order chi connectivity index (χ0) is 19.9. The number of ether oxygens (including phenoxy) is 1. The first-order valence-corrected chi connectivity index (χ1v) is 10.2. The van der Waals surface area contributed by atoms with E-state index in [1.807, 2.05) is 37.3 Å². The predicted octanol–water partition coefficient (Wildman–Crippen LogP) is 2.45. The average Bonchev–Trinajstić information content (AvgIpc) is 2.67. The Balaban J connectivity index is 1.87. The van der Waals surface area contributed by atoms with Crippen LogP contribution in [0.5, 0.6) is 5.75 Å². The third-order valence-corrected chi connectivity index (χ3v) is 6.07. The molecule has 0 aliphatic rings. The first-order valence-electron chi connectivity index (χ1n) is 8.76. The first-order chi connectivity index (χ1) is 12.8. The molecule has 7 heteroatoms. The molecular formula is C20H26N2O4S. The second kappa shape index (κ2) is 9.53. The summed E-state index contributed by atoms with van der Waals surface area (Å²) >= 11 is 0. The van der Waals surface area contributed by atoms with Gasteiger partial charge in [-0.25, -0.2) is 8.42 Å². The van der Waals surface area contributed by atoms with E-state index in [4.69, 9.17) is 4.74 Å². The Bertz CT molecular complexity index is 836. The minimum absolute atomic E-state index is 0.0465. The molecular weight excluding hydrogens is 364 g/mol. The lowest BCUT2D eigenvalue weighted by Gasteiger charge is -2.19. The highest BCUT2D eigenvalue weighted by Crippen LogP contribution is 2.18. The van der Waals surface area contributed by atoms with E-state index >= 15 is 0 Å². The van der Waals surface area contributed by atoms with Gasteiger partial charge in [0.05, 0.1) is 18.6 Å². The molecule has 6 nitrogen and oxygen atoms in total. The standard InChI is InChI=1S/C20H26N2O4S/c1-16(9-10-17-7-5-4-6-8-17)21-20(23)15-22(2)27(24,25)19-13-11-18(26-3)12-14-19/h4-8,11-14,16H,9-10,15H2,1-3H3,(H,21,23)/t16-/m1/s1. The van der Waals surface area contributed by atoms with E-state index in [1.165, 1.54) is 31.9 Å². The highest BCUT2D eigenvalue weighted by Gasteiger charge is 2.23. The topological polar surface area (TPSA) is 75.7 Å². The molecule has 0 aliphatic carbocycles. The molecule has 0 fully saturated rings. The fourth-order valence-electron chi connectivity index (χ4n) is 2.64. The maximum Gasteiger partial charge on any atom is 0.243 e. The fraction of sp³-hybridized carbons (Fsp3) is 0.350. The van der Waals surface area contributed by atoms with Crippen molar-refractivity contribution in [2.24, 2.45) is 0 Å². The Morgan fingerprint density at radius 1 is 1.11 bits per heavy atom. The SMILES string of the molecule is COc1ccc(S(=O)(=O)N(C)CC(=O)N[C@H](C)CCc2ccccc2)cc1. The van der Waals surface area contributed by atoms with Gasteiger partial charge in [0.1, 0.15) is 5.75 Å². The van der Waals surface area contributed by atoms with Crippen LogP contribution >= 0.6 is 0 Å². The van der Waals surface area contributed by atoms with E-state index in [1.54, 1.807) is 12.1 Å². The lowest BCUT2D eigenvalue weighted by molar-refractivity contribution is -0.121. The van der Waals surface area contributed by atoms with Crippen molar-refractivity contribution in [3.63, 3.8) is 0 Å². The summed E-state index contributed by atoms with van der Waals surface area (Å²) in [5, 5.41) is 2.86. The van der Waals surface area contributed by atoms with Gasteiger partial charge in [-0.3, -0.25) is 4.79 Å². The molecule has 1 N–H and O–H groups in total. The molecule has 2 aromatic rings. The number of methoxy groups -OCH3 is 1. The average molecular weight is 391 g/mol. The predicted molar refractivity (Wildman–Crippen MR) is 105 cm³/mol. The molecule has 0 aromatic heterocycles. The number of hydrogen-bond acceptors (Lipinski definition) is 4. The number of carbonyl (C=O) groups excluding carboxylic acids is 1. The molecule has 146 valence electrons. The lowest BCUT2D eigenvalue weighted by atomic mass is 10.1. The van der Waals surface area contributed by atoms with Crippen molar-refractivity contribution in [1.82, 2.24) is 9.62 Å². The molecule has 0 heterocycles. The van der Waals surface area contributed by atoms with Crippen molar-refractivity contribution in [2.75, 3.05) is 20.7 Å². The molecule has 0 unspecified atom stereocenters. The number of sulfonamides is 1. The van der Waals surface area contributed by atoms with Gasteiger partial charge in [-0.1, -0.05) is 30.3 Å². The van der Waals surface area contributed by atoms with E-state index in [9.17, 15) is 13.2 Å². The molecule has 2 aromatic carbocycles. The molecule has 0 spiro atoms. The molecule has 0 radical (unpaired) electrons. The Hall–Kier alpha value is -2.38. The second-order valence-corrected chi connectivity index (χ2v) is 8.47. The normalized spacial score (nSPS) is 12.6. The van der Waals surface area contributed by atoms with E-state index in [-0.39, 0.29) is 23.4 Å². The summed E-state index contributed by atoms with van der Waals surface area (Å²) in [6, 6.07) is 16.1. The van der Waals surface area contributed by atoms with E-state index < -0.39 is 10.0 Å². The monoisotopic (exact) mass is 390 g/mol. The molecule has 0 saturated carbocycles. The van der Waals surface area contributed by atoms with E-state index in [0.29, 0.717) is 5.75 Å². The number of nitrogens with zero attached hydrogens (tertiary/aromatic N) is 1. The minimum Gasteiger partial charge on any atom is -0.497 e. The Labute approximate surface area is 161 Å². The third kappa shape index (κ3) is 6.08. The van der Waals surface area contributed by atoms with Crippen LogP contribution in [0, 0.1) is 0 Å². The summed E-state index contributed by atoms with van der Waals surface area (Å²) in [6.07, 6.45) is 1.63. The summed E-state index contributed by atoms with van der Waals surface area (Å²) in [5.74, 6) is 0.247. The Kier molecular flexibility index (Phi) is 7.38. The number of nitrogens with one attached hydrogen (secondary N) is 1. The van der Waals surface area contributed by atoms with Crippen LogP contribution in [0.25, 0.3) is 0 Å². The van der Waals surface area contributed by atoms with Crippen LogP contribution in [0.4, 0.5) is 0 Å². The van der Waals surface area contributed by atoms with Gasteiger partial charge in [-0.15, -0.1) is 0 Å². The molecule has 0 saturated heterocycles. The van der Waals surface area contributed by atoms with Crippen LogP contribution < -0.4 is 10.1 Å². The van der Waals surface area contributed by atoms with Gasteiger partial charge in [-0.2, -0.15) is 4.31 Å². The summed E-state index contributed by atoms with van der Waals surface area (Å²) in [5.41, 5.74) is 1.21. The Morgan fingerprint density at radius 2 is 1.74 bits per heavy atom. The number of amides is 1. The maximum absolute atomic E-state index is 12.6. The summed E-state index contributed by atoms with van der Waals surface area (Å²) in [7, 11) is -0.824. The summed E-state index contributed by atoms with van der Waals surface area (Å²) in [4.78, 5) is 12.3. The van der Waals surface area contributed by atoms with Gasteiger partial charge in [-0.05, 0) is 49.6 Å².